The minimum Gasteiger partial charge on any atom is -0.481 e. The van der Waals surface area contributed by atoms with Crippen LogP contribution in [0, 0.1) is 0 Å². The number of unbranched alkanes of at least 4 members (excludes halogenated alkanes) is 3. The van der Waals surface area contributed by atoms with E-state index in [1.54, 1.807) is 0 Å². The maximum absolute atomic E-state index is 10.9. The van der Waals surface area contributed by atoms with Crippen LogP contribution < -0.4 is 0 Å². The summed E-state index contributed by atoms with van der Waals surface area (Å²) < 4.78 is 0. The first-order valence-corrected chi connectivity index (χ1v) is 7.20. The van der Waals surface area contributed by atoms with E-state index in [0.717, 1.165) is 19.5 Å². The Morgan fingerprint density at radius 3 is 2.47 bits per heavy atom. The van der Waals surface area contributed by atoms with Crippen LogP contribution in [0.5, 0.6) is 0 Å². The number of carbonyl (C=O) groups is 1. The van der Waals surface area contributed by atoms with Crippen LogP contribution in [0.3, 0.4) is 0 Å². The molecule has 0 spiro atoms. The lowest BCUT2D eigenvalue weighted by molar-refractivity contribution is -0.138. The average molecular weight is 241 g/mol. The van der Waals surface area contributed by atoms with Gasteiger partial charge in [-0.1, -0.05) is 39.0 Å². The molecule has 1 N–H and O–H groups in total. The Kier molecular flexibility index (Phi) is 7.25. The van der Waals surface area contributed by atoms with Gasteiger partial charge in [0.05, 0.1) is 6.42 Å². The van der Waals surface area contributed by atoms with Gasteiger partial charge in [-0.2, -0.15) is 0 Å². The normalized spacial score (nSPS) is 19.1. The average Bonchev–Trinajstić information content (AvgIpc) is 2.34. The lowest BCUT2D eigenvalue weighted by Gasteiger charge is -2.34. The smallest absolute Gasteiger partial charge is 0.304 e. The van der Waals surface area contributed by atoms with Gasteiger partial charge in [0.25, 0.3) is 0 Å². The van der Waals surface area contributed by atoms with Crippen molar-refractivity contribution in [3.05, 3.63) is 0 Å². The molecule has 1 atom stereocenters. The highest BCUT2D eigenvalue weighted by Gasteiger charge is 2.22. The van der Waals surface area contributed by atoms with E-state index < -0.39 is 5.97 Å². The van der Waals surface area contributed by atoms with E-state index in [4.69, 9.17) is 5.11 Å². The highest BCUT2D eigenvalue weighted by molar-refractivity contribution is 5.67. The Labute approximate surface area is 105 Å². The van der Waals surface area contributed by atoms with Gasteiger partial charge in [-0.15, -0.1) is 0 Å². The lowest BCUT2D eigenvalue weighted by Crippen LogP contribution is -2.40. The van der Waals surface area contributed by atoms with E-state index in [0.29, 0.717) is 6.42 Å². The lowest BCUT2D eigenvalue weighted by atomic mass is 10.0. The molecule has 0 aliphatic carbocycles. The molecule has 0 amide bonds. The van der Waals surface area contributed by atoms with E-state index in [-0.39, 0.29) is 6.04 Å². The SMILES string of the molecule is CCCCCCC(CC(=O)O)N1CCCCC1. The van der Waals surface area contributed by atoms with Crippen LogP contribution in [0.4, 0.5) is 0 Å². The molecule has 1 saturated heterocycles. The number of hydrogen-bond acceptors (Lipinski definition) is 2. The number of carboxylic acids is 1. The zero-order valence-electron chi connectivity index (χ0n) is 11.2. The minimum absolute atomic E-state index is 0.282. The first kappa shape index (κ1) is 14.5. The molecule has 3 heteroatoms. The Balaban J connectivity index is 2.33. The molecule has 1 rings (SSSR count). The summed E-state index contributed by atoms with van der Waals surface area (Å²) >= 11 is 0. The third-order valence-electron chi connectivity index (χ3n) is 3.71. The summed E-state index contributed by atoms with van der Waals surface area (Å²) in [7, 11) is 0. The Morgan fingerprint density at radius 2 is 1.88 bits per heavy atom. The van der Waals surface area contributed by atoms with Crippen molar-refractivity contribution in [3.8, 4) is 0 Å². The van der Waals surface area contributed by atoms with Crippen LogP contribution in [0.1, 0.15) is 64.7 Å². The molecule has 0 radical (unpaired) electrons. The molecule has 0 aromatic rings. The van der Waals surface area contributed by atoms with Crippen LogP contribution in [0.2, 0.25) is 0 Å². The third-order valence-corrected chi connectivity index (χ3v) is 3.71. The van der Waals surface area contributed by atoms with Gasteiger partial charge in [-0.05, 0) is 32.4 Å². The van der Waals surface area contributed by atoms with Gasteiger partial charge in [0.15, 0.2) is 0 Å². The molecule has 1 fully saturated rings. The Bertz CT molecular complexity index is 212. The first-order chi connectivity index (χ1) is 8.24. The molecule has 100 valence electrons. The molecule has 1 aliphatic heterocycles. The number of hydrogen-bond donors (Lipinski definition) is 1. The van der Waals surface area contributed by atoms with Crippen LogP contribution in [-0.4, -0.2) is 35.1 Å². The molecule has 1 aliphatic rings. The van der Waals surface area contributed by atoms with Crippen molar-refractivity contribution in [2.75, 3.05) is 13.1 Å². The van der Waals surface area contributed by atoms with Gasteiger partial charge < -0.3 is 5.11 Å². The molecule has 17 heavy (non-hydrogen) atoms. The second-order valence-corrected chi connectivity index (χ2v) is 5.20. The van der Waals surface area contributed by atoms with E-state index in [2.05, 4.69) is 11.8 Å². The minimum atomic E-state index is -0.643. The first-order valence-electron chi connectivity index (χ1n) is 7.20. The van der Waals surface area contributed by atoms with Crippen molar-refractivity contribution < 1.29 is 9.90 Å². The van der Waals surface area contributed by atoms with E-state index in [1.165, 1.54) is 44.9 Å². The van der Waals surface area contributed by atoms with E-state index >= 15 is 0 Å². The summed E-state index contributed by atoms with van der Waals surface area (Å²) in [5.74, 6) is -0.643. The fourth-order valence-electron chi connectivity index (χ4n) is 2.71. The van der Waals surface area contributed by atoms with Gasteiger partial charge in [0.1, 0.15) is 0 Å². The van der Waals surface area contributed by atoms with E-state index in [9.17, 15) is 4.79 Å². The second kappa shape index (κ2) is 8.51. The van der Waals surface area contributed by atoms with Crippen molar-refractivity contribution in [2.45, 2.75) is 70.8 Å². The topological polar surface area (TPSA) is 40.5 Å². The van der Waals surface area contributed by atoms with Crippen molar-refractivity contribution in [1.82, 2.24) is 4.90 Å². The van der Waals surface area contributed by atoms with Crippen LogP contribution in [-0.2, 0) is 4.79 Å². The molecular weight excluding hydrogens is 214 g/mol. The van der Waals surface area contributed by atoms with Crippen molar-refractivity contribution in [2.24, 2.45) is 0 Å². The number of carboxylic acid groups (broad SMARTS) is 1. The molecule has 3 nitrogen and oxygen atoms in total. The summed E-state index contributed by atoms with van der Waals surface area (Å²) in [6, 6.07) is 0.282. The number of rotatable bonds is 8. The van der Waals surface area contributed by atoms with Gasteiger partial charge in [0, 0.05) is 6.04 Å². The maximum Gasteiger partial charge on any atom is 0.304 e. The van der Waals surface area contributed by atoms with Gasteiger partial charge in [-0.25, -0.2) is 0 Å². The fourth-order valence-corrected chi connectivity index (χ4v) is 2.71. The zero-order valence-corrected chi connectivity index (χ0v) is 11.2. The maximum atomic E-state index is 10.9. The highest BCUT2D eigenvalue weighted by Crippen LogP contribution is 2.19. The molecular formula is C14H27NO2. The largest absolute Gasteiger partial charge is 0.481 e. The third kappa shape index (κ3) is 6.06. The predicted octanol–water partition coefficient (Wildman–Crippen LogP) is 3.29. The summed E-state index contributed by atoms with van der Waals surface area (Å²) in [5, 5.41) is 8.99. The Morgan fingerprint density at radius 1 is 1.18 bits per heavy atom. The molecule has 1 heterocycles. The van der Waals surface area contributed by atoms with E-state index in [1.807, 2.05) is 0 Å². The molecule has 0 aromatic carbocycles. The van der Waals surface area contributed by atoms with Crippen LogP contribution in [0.15, 0.2) is 0 Å². The number of likely N-dealkylation sites (tertiary alicyclic amines) is 1. The summed E-state index contributed by atoms with van der Waals surface area (Å²) in [5.41, 5.74) is 0. The van der Waals surface area contributed by atoms with Gasteiger partial charge in [0.2, 0.25) is 0 Å². The second-order valence-electron chi connectivity index (χ2n) is 5.20. The molecule has 0 aromatic heterocycles. The fraction of sp³-hybridized carbons (Fsp3) is 0.929. The van der Waals surface area contributed by atoms with Gasteiger partial charge in [-0.3, -0.25) is 9.69 Å². The number of nitrogens with zero attached hydrogens (tertiary/aromatic N) is 1. The zero-order chi connectivity index (χ0) is 12.5. The van der Waals surface area contributed by atoms with Gasteiger partial charge >= 0.3 is 5.97 Å². The monoisotopic (exact) mass is 241 g/mol. The standard InChI is InChI=1S/C14H27NO2/c1-2-3-4-6-9-13(12-14(16)17)15-10-7-5-8-11-15/h13H,2-12H2,1H3,(H,16,17). The molecule has 0 bridgehead atoms. The molecule has 1 unspecified atom stereocenters. The van der Waals surface area contributed by atoms with Crippen molar-refractivity contribution in [1.29, 1.82) is 0 Å². The summed E-state index contributed by atoms with van der Waals surface area (Å²) in [4.78, 5) is 13.3. The summed E-state index contributed by atoms with van der Waals surface area (Å²) in [6.45, 7) is 4.41. The summed E-state index contributed by atoms with van der Waals surface area (Å²) in [6.07, 6.45) is 10.1. The molecule has 0 saturated carbocycles. The number of aliphatic carboxylic acids is 1. The quantitative estimate of drug-likeness (QED) is 0.663. The highest BCUT2D eigenvalue weighted by atomic mass is 16.4. The van der Waals surface area contributed by atoms with Crippen molar-refractivity contribution in [3.63, 3.8) is 0 Å². The van der Waals surface area contributed by atoms with Crippen molar-refractivity contribution >= 4 is 5.97 Å². The predicted molar refractivity (Wildman–Crippen MR) is 70.2 cm³/mol. The Hall–Kier alpha value is -0.570. The van der Waals surface area contributed by atoms with Crippen LogP contribution >= 0.6 is 0 Å². The van der Waals surface area contributed by atoms with Crippen LogP contribution in [0.25, 0.3) is 0 Å². The number of piperidine rings is 1.